The molecule has 1 N–H and O–H groups in total. The fourth-order valence-corrected chi connectivity index (χ4v) is 3.63. The van der Waals surface area contributed by atoms with Crippen molar-refractivity contribution in [3.63, 3.8) is 0 Å². The Morgan fingerprint density at radius 1 is 1.00 bits per heavy atom. The number of aliphatic hydroxyl groups is 1. The van der Waals surface area contributed by atoms with Gasteiger partial charge in [-0.3, -0.25) is 14.4 Å². The van der Waals surface area contributed by atoms with Gasteiger partial charge in [0.2, 0.25) is 0 Å². The smallest absolute Gasteiger partial charge is 0.337 e. The lowest BCUT2D eigenvalue weighted by molar-refractivity contribution is -0.170. The van der Waals surface area contributed by atoms with Crippen LogP contribution in [0.4, 0.5) is 0 Å². The van der Waals surface area contributed by atoms with Crippen LogP contribution in [0, 0.1) is 11.8 Å². The minimum atomic E-state index is -1.71. The van der Waals surface area contributed by atoms with Crippen LogP contribution in [0.5, 0.6) is 0 Å². The molecular weight excluding hydrogens is 356 g/mol. The Bertz CT molecular complexity index is 749. The molecule has 1 aromatic carbocycles. The van der Waals surface area contributed by atoms with Crippen molar-refractivity contribution in [2.75, 3.05) is 21.3 Å². The third kappa shape index (κ3) is 3.85. The first-order valence-corrected chi connectivity index (χ1v) is 8.27. The molecule has 0 spiro atoms. The molecule has 2 rings (SSSR count). The molecule has 0 unspecified atom stereocenters. The SMILES string of the molecule is COC(=O)c1ccc([C@@H]2[C@@H](C(=O)OC)C(=O)C[C@@](C)(O)[C@@H]2C(=O)OC)cc1. The van der Waals surface area contributed by atoms with Gasteiger partial charge < -0.3 is 19.3 Å². The molecule has 1 aromatic rings. The van der Waals surface area contributed by atoms with E-state index in [0.717, 1.165) is 7.11 Å². The van der Waals surface area contributed by atoms with Crippen molar-refractivity contribution < 1.29 is 38.5 Å². The van der Waals surface area contributed by atoms with Crippen molar-refractivity contribution in [2.45, 2.75) is 24.9 Å². The van der Waals surface area contributed by atoms with Gasteiger partial charge in [-0.25, -0.2) is 4.79 Å². The maximum Gasteiger partial charge on any atom is 0.337 e. The number of rotatable bonds is 4. The average molecular weight is 378 g/mol. The second kappa shape index (κ2) is 7.87. The van der Waals surface area contributed by atoms with E-state index in [0.29, 0.717) is 5.56 Å². The molecule has 1 aliphatic rings. The van der Waals surface area contributed by atoms with Gasteiger partial charge in [-0.1, -0.05) is 12.1 Å². The molecular formula is C19H22O8. The Hall–Kier alpha value is -2.74. The van der Waals surface area contributed by atoms with Gasteiger partial charge in [-0.2, -0.15) is 0 Å². The van der Waals surface area contributed by atoms with Crippen molar-refractivity contribution in [3.8, 4) is 0 Å². The van der Waals surface area contributed by atoms with E-state index in [1.54, 1.807) is 0 Å². The van der Waals surface area contributed by atoms with Crippen LogP contribution in [-0.2, 0) is 28.6 Å². The molecule has 27 heavy (non-hydrogen) atoms. The van der Waals surface area contributed by atoms with Gasteiger partial charge in [0.1, 0.15) is 5.92 Å². The maximum absolute atomic E-state index is 12.6. The summed E-state index contributed by atoms with van der Waals surface area (Å²) in [6.45, 7) is 1.36. The highest BCUT2D eigenvalue weighted by Gasteiger charge is 2.56. The second-order valence-corrected chi connectivity index (χ2v) is 6.64. The number of ketones is 1. The first kappa shape index (κ1) is 20.6. The molecule has 1 aliphatic carbocycles. The largest absolute Gasteiger partial charge is 0.469 e. The molecule has 1 fully saturated rings. The predicted octanol–water partition coefficient (Wildman–Crippen LogP) is 0.859. The summed E-state index contributed by atoms with van der Waals surface area (Å²) >= 11 is 0. The van der Waals surface area contributed by atoms with Crippen LogP contribution in [0.25, 0.3) is 0 Å². The number of Topliss-reactive ketones (excluding diaryl/α,β-unsaturated/α-hetero) is 1. The number of esters is 3. The summed E-state index contributed by atoms with van der Waals surface area (Å²) in [5.74, 6) is -6.09. The molecule has 0 aliphatic heterocycles. The van der Waals surface area contributed by atoms with Crippen molar-refractivity contribution in [1.29, 1.82) is 0 Å². The summed E-state index contributed by atoms with van der Waals surface area (Å²) in [6, 6.07) is 5.93. The molecule has 8 nitrogen and oxygen atoms in total. The molecule has 0 heterocycles. The Kier molecular flexibility index (Phi) is 6.00. The minimum Gasteiger partial charge on any atom is -0.469 e. The summed E-state index contributed by atoms with van der Waals surface area (Å²) in [4.78, 5) is 48.9. The van der Waals surface area contributed by atoms with E-state index in [9.17, 15) is 24.3 Å². The van der Waals surface area contributed by atoms with Crippen LogP contribution in [0.2, 0.25) is 0 Å². The lowest BCUT2D eigenvalue weighted by Gasteiger charge is -2.43. The van der Waals surface area contributed by atoms with Gasteiger partial charge in [0.05, 0.1) is 38.4 Å². The fraction of sp³-hybridized carbons (Fsp3) is 0.474. The standard InChI is InChI=1S/C19H22O8/c1-19(24)9-12(20)14(17(22)26-3)13(15(19)18(23)27-4)10-5-7-11(8-6-10)16(21)25-2/h5-8,13-15,24H,9H2,1-4H3/t13-,14+,15+,19-/m1/s1. The summed E-state index contributed by atoms with van der Waals surface area (Å²) in [7, 11) is 3.56. The fourth-order valence-electron chi connectivity index (χ4n) is 3.63. The van der Waals surface area contributed by atoms with E-state index >= 15 is 0 Å². The molecule has 8 heteroatoms. The molecule has 0 aromatic heterocycles. The Morgan fingerprint density at radius 3 is 2.04 bits per heavy atom. The third-order valence-electron chi connectivity index (χ3n) is 4.89. The third-order valence-corrected chi connectivity index (χ3v) is 4.89. The number of carbonyl (C=O) groups excluding carboxylic acids is 4. The van der Waals surface area contributed by atoms with E-state index in [4.69, 9.17) is 9.47 Å². The molecule has 1 saturated carbocycles. The van der Waals surface area contributed by atoms with E-state index < -0.39 is 47.0 Å². The average Bonchev–Trinajstić information content (AvgIpc) is 2.65. The van der Waals surface area contributed by atoms with Crippen LogP contribution >= 0.6 is 0 Å². The molecule has 0 bridgehead atoms. The summed E-state index contributed by atoms with van der Waals surface area (Å²) in [5.41, 5.74) is -1.03. The number of benzene rings is 1. The van der Waals surface area contributed by atoms with Gasteiger partial charge in [-0.05, 0) is 24.6 Å². The van der Waals surface area contributed by atoms with Gasteiger partial charge in [0.25, 0.3) is 0 Å². The van der Waals surface area contributed by atoms with E-state index in [1.165, 1.54) is 45.4 Å². The lowest BCUT2D eigenvalue weighted by Crippen LogP contribution is -2.55. The predicted molar refractivity (Wildman–Crippen MR) is 91.8 cm³/mol. The maximum atomic E-state index is 12.6. The van der Waals surface area contributed by atoms with Crippen molar-refractivity contribution >= 4 is 23.7 Å². The Balaban J connectivity index is 2.60. The highest BCUT2D eigenvalue weighted by molar-refractivity contribution is 6.02. The molecule has 0 saturated heterocycles. The van der Waals surface area contributed by atoms with E-state index in [2.05, 4.69) is 4.74 Å². The molecule has 146 valence electrons. The Morgan fingerprint density at radius 2 is 1.56 bits per heavy atom. The molecule has 0 amide bonds. The van der Waals surface area contributed by atoms with Crippen LogP contribution < -0.4 is 0 Å². The summed E-state index contributed by atoms with van der Waals surface area (Å²) in [5, 5.41) is 10.7. The number of carbonyl (C=O) groups is 4. The quantitative estimate of drug-likeness (QED) is 0.466. The normalized spacial score (nSPS) is 27.6. The van der Waals surface area contributed by atoms with Crippen molar-refractivity contribution in [3.05, 3.63) is 35.4 Å². The summed E-state index contributed by atoms with van der Waals surface area (Å²) in [6.07, 6.45) is -0.386. The van der Waals surface area contributed by atoms with Gasteiger partial charge in [0, 0.05) is 12.3 Å². The topological polar surface area (TPSA) is 116 Å². The number of hydrogen-bond donors (Lipinski definition) is 1. The van der Waals surface area contributed by atoms with Gasteiger partial charge in [-0.15, -0.1) is 0 Å². The first-order chi connectivity index (χ1) is 12.7. The lowest BCUT2D eigenvalue weighted by atomic mass is 9.61. The number of hydrogen-bond acceptors (Lipinski definition) is 8. The summed E-state index contributed by atoms with van der Waals surface area (Å²) < 4.78 is 14.2. The van der Waals surface area contributed by atoms with Gasteiger partial charge in [0.15, 0.2) is 5.78 Å². The van der Waals surface area contributed by atoms with Crippen molar-refractivity contribution in [1.82, 2.24) is 0 Å². The van der Waals surface area contributed by atoms with E-state index in [-0.39, 0.29) is 12.0 Å². The van der Waals surface area contributed by atoms with Crippen LogP contribution in [0.15, 0.2) is 24.3 Å². The molecule has 4 atom stereocenters. The van der Waals surface area contributed by atoms with Gasteiger partial charge >= 0.3 is 17.9 Å². The van der Waals surface area contributed by atoms with Crippen LogP contribution in [0.3, 0.4) is 0 Å². The van der Waals surface area contributed by atoms with E-state index in [1.807, 2.05) is 0 Å². The zero-order valence-electron chi connectivity index (χ0n) is 15.6. The highest BCUT2D eigenvalue weighted by atomic mass is 16.5. The van der Waals surface area contributed by atoms with Crippen molar-refractivity contribution in [2.24, 2.45) is 11.8 Å². The number of ether oxygens (including phenoxy) is 3. The highest BCUT2D eigenvalue weighted by Crippen LogP contribution is 2.46. The Labute approximate surface area is 156 Å². The zero-order valence-corrected chi connectivity index (χ0v) is 15.6. The monoisotopic (exact) mass is 378 g/mol. The van der Waals surface area contributed by atoms with Crippen LogP contribution in [0.1, 0.15) is 35.2 Å². The van der Waals surface area contributed by atoms with Crippen LogP contribution in [-0.4, -0.2) is 55.7 Å². The minimum absolute atomic E-state index is 0.263. The zero-order chi connectivity index (χ0) is 20.4. The number of methoxy groups -OCH3 is 3. The first-order valence-electron chi connectivity index (χ1n) is 8.27. The molecule has 0 radical (unpaired) electrons. The second-order valence-electron chi connectivity index (χ2n) is 6.64.